The zero-order chi connectivity index (χ0) is 8.10. The van der Waals surface area contributed by atoms with E-state index in [4.69, 9.17) is 11.5 Å². The van der Waals surface area contributed by atoms with Gasteiger partial charge in [0.25, 0.3) is 0 Å². The van der Waals surface area contributed by atoms with Crippen molar-refractivity contribution in [1.29, 1.82) is 0 Å². The molecule has 0 saturated carbocycles. The van der Waals surface area contributed by atoms with Crippen LogP contribution in [0.5, 0.6) is 0 Å². The van der Waals surface area contributed by atoms with E-state index >= 15 is 0 Å². The molecular formula is C7H12N4. The zero-order valence-corrected chi connectivity index (χ0v) is 6.25. The van der Waals surface area contributed by atoms with Gasteiger partial charge in [0.05, 0.1) is 0 Å². The second-order valence-corrected chi connectivity index (χ2v) is 2.25. The van der Waals surface area contributed by atoms with Gasteiger partial charge in [-0.15, -0.1) is 0 Å². The van der Waals surface area contributed by atoms with Gasteiger partial charge in [0.2, 0.25) is 0 Å². The van der Waals surface area contributed by atoms with Crippen LogP contribution >= 0.6 is 0 Å². The number of aromatic amines is 1. The Labute approximate surface area is 65.3 Å². The number of nitrogens with zero attached hydrogens (tertiary/aromatic N) is 1. The van der Waals surface area contributed by atoms with Crippen LogP contribution in [0.2, 0.25) is 0 Å². The topological polar surface area (TPSA) is 80.2 Å². The van der Waals surface area contributed by atoms with Gasteiger partial charge in [0.15, 0.2) is 5.96 Å². The van der Waals surface area contributed by atoms with E-state index in [9.17, 15) is 0 Å². The molecule has 0 atom stereocenters. The molecule has 1 aromatic rings. The number of guanidine groups is 1. The highest BCUT2D eigenvalue weighted by Crippen LogP contribution is 1.94. The summed E-state index contributed by atoms with van der Waals surface area (Å²) < 4.78 is 0. The maximum atomic E-state index is 5.15. The minimum Gasteiger partial charge on any atom is -0.370 e. The molecule has 1 aromatic heterocycles. The number of nitrogens with two attached hydrogens (primary N) is 2. The highest BCUT2D eigenvalue weighted by molar-refractivity contribution is 5.75. The first-order valence-corrected chi connectivity index (χ1v) is 3.46. The highest BCUT2D eigenvalue weighted by atomic mass is 15.0. The minimum absolute atomic E-state index is 0.150. The molecule has 0 spiro atoms. The zero-order valence-electron chi connectivity index (χ0n) is 6.25. The third-order valence-corrected chi connectivity index (χ3v) is 1.34. The Morgan fingerprint density at radius 2 is 2.36 bits per heavy atom. The molecule has 0 radical (unpaired) electrons. The van der Waals surface area contributed by atoms with Crippen molar-refractivity contribution in [3.05, 3.63) is 24.0 Å². The summed E-state index contributed by atoms with van der Waals surface area (Å²) in [6, 6.07) is 3.95. The molecule has 1 heterocycles. The molecule has 0 fully saturated rings. The number of aliphatic imine (C=N–C) groups is 1. The van der Waals surface area contributed by atoms with Crippen LogP contribution < -0.4 is 11.5 Å². The Morgan fingerprint density at radius 3 is 2.91 bits per heavy atom. The fraction of sp³-hybridized carbons (Fsp3) is 0.286. The number of H-pyrrole nitrogens is 1. The average molecular weight is 152 g/mol. The molecule has 0 aromatic carbocycles. The van der Waals surface area contributed by atoms with Gasteiger partial charge in [-0.3, -0.25) is 4.99 Å². The summed E-state index contributed by atoms with van der Waals surface area (Å²) in [5, 5.41) is 0. The smallest absolute Gasteiger partial charge is 0.185 e. The Hall–Kier alpha value is -1.45. The molecule has 0 amide bonds. The Morgan fingerprint density at radius 1 is 1.55 bits per heavy atom. The SMILES string of the molecule is NC(N)=NCCc1ccc[nH]1. The van der Waals surface area contributed by atoms with Crippen LogP contribution in [0, 0.1) is 0 Å². The van der Waals surface area contributed by atoms with E-state index in [2.05, 4.69) is 9.98 Å². The van der Waals surface area contributed by atoms with Crippen LogP contribution in [0.3, 0.4) is 0 Å². The standard InChI is InChI=1S/C7H12N4/c8-7(9)11-5-3-6-2-1-4-10-6/h1-2,4,10H,3,5H2,(H4,8,9,11). The lowest BCUT2D eigenvalue weighted by atomic mass is 10.3. The van der Waals surface area contributed by atoms with Crippen LogP contribution in [-0.4, -0.2) is 17.5 Å². The number of hydrogen-bond acceptors (Lipinski definition) is 1. The molecule has 4 nitrogen and oxygen atoms in total. The summed E-state index contributed by atoms with van der Waals surface area (Å²) in [6.07, 6.45) is 2.73. The molecule has 11 heavy (non-hydrogen) atoms. The summed E-state index contributed by atoms with van der Waals surface area (Å²) in [4.78, 5) is 6.91. The van der Waals surface area contributed by atoms with Crippen LogP contribution in [0.4, 0.5) is 0 Å². The lowest BCUT2D eigenvalue weighted by molar-refractivity contribution is 0.931. The Kier molecular flexibility index (Phi) is 2.54. The van der Waals surface area contributed by atoms with Crippen molar-refractivity contribution in [3.63, 3.8) is 0 Å². The molecule has 0 saturated heterocycles. The first-order chi connectivity index (χ1) is 5.29. The second-order valence-electron chi connectivity index (χ2n) is 2.25. The maximum absolute atomic E-state index is 5.15. The van der Waals surface area contributed by atoms with E-state index in [1.165, 1.54) is 0 Å². The fourth-order valence-electron chi connectivity index (χ4n) is 0.828. The monoisotopic (exact) mass is 152 g/mol. The van der Waals surface area contributed by atoms with E-state index in [0.717, 1.165) is 12.1 Å². The largest absolute Gasteiger partial charge is 0.370 e. The quantitative estimate of drug-likeness (QED) is 0.415. The summed E-state index contributed by atoms with van der Waals surface area (Å²) in [5.41, 5.74) is 11.4. The minimum atomic E-state index is 0.150. The number of hydrogen-bond donors (Lipinski definition) is 3. The molecule has 4 heteroatoms. The van der Waals surface area contributed by atoms with Crippen molar-refractivity contribution < 1.29 is 0 Å². The number of rotatable bonds is 3. The van der Waals surface area contributed by atoms with Crippen LogP contribution in [-0.2, 0) is 6.42 Å². The Balaban J connectivity index is 2.30. The summed E-state index contributed by atoms with van der Waals surface area (Å²) in [7, 11) is 0. The van der Waals surface area contributed by atoms with Crippen molar-refractivity contribution in [1.82, 2.24) is 4.98 Å². The highest BCUT2D eigenvalue weighted by Gasteiger charge is 1.89. The van der Waals surface area contributed by atoms with E-state index in [-0.39, 0.29) is 5.96 Å². The first kappa shape index (κ1) is 7.65. The molecule has 1 rings (SSSR count). The Bertz CT molecular complexity index is 221. The molecule has 5 N–H and O–H groups in total. The molecular weight excluding hydrogens is 140 g/mol. The molecule has 0 aliphatic rings. The van der Waals surface area contributed by atoms with Gasteiger partial charge >= 0.3 is 0 Å². The molecule has 0 unspecified atom stereocenters. The normalized spacial score (nSPS) is 9.45. The summed E-state index contributed by atoms with van der Waals surface area (Å²) in [5.74, 6) is 0.150. The third kappa shape index (κ3) is 2.75. The fourth-order valence-corrected chi connectivity index (χ4v) is 0.828. The van der Waals surface area contributed by atoms with Gasteiger partial charge in [-0.2, -0.15) is 0 Å². The summed E-state index contributed by atoms with van der Waals surface area (Å²) >= 11 is 0. The van der Waals surface area contributed by atoms with Gasteiger partial charge < -0.3 is 16.5 Å². The molecule has 60 valence electrons. The van der Waals surface area contributed by atoms with Gasteiger partial charge in [-0.05, 0) is 12.1 Å². The van der Waals surface area contributed by atoms with E-state index in [0.29, 0.717) is 6.54 Å². The van der Waals surface area contributed by atoms with Gasteiger partial charge in [0, 0.05) is 24.9 Å². The van der Waals surface area contributed by atoms with Crippen LogP contribution in [0.15, 0.2) is 23.3 Å². The lowest BCUT2D eigenvalue weighted by Gasteiger charge is -1.93. The van der Waals surface area contributed by atoms with Gasteiger partial charge in [-0.25, -0.2) is 0 Å². The molecule has 0 aliphatic heterocycles. The molecule has 0 aliphatic carbocycles. The van der Waals surface area contributed by atoms with E-state index in [1.54, 1.807) is 0 Å². The van der Waals surface area contributed by atoms with Crippen molar-refractivity contribution >= 4 is 5.96 Å². The van der Waals surface area contributed by atoms with E-state index in [1.807, 2.05) is 18.3 Å². The van der Waals surface area contributed by atoms with Gasteiger partial charge in [0.1, 0.15) is 0 Å². The average Bonchev–Trinajstić information content (AvgIpc) is 2.39. The number of nitrogens with one attached hydrogen (secondary N) is 1. The van der Waals surface area contributed by atoms with Crippen LogP contribution in [0.25, 0.3) is 0 Å². The lowest BCUT2D eigenvalue weighted by Crippen LogP contribution is -2.23. The maximum Gasteiger partial charge on any atom is 0.185 e. The predicted molar refractivity (Wildman–Crippen MR) is 45.2 cm³/mol. The third-order valence-electron chi connectivity index (χ3n) is 1.34. The van der Waals surface area contributed by atoms with Crippen molar-refractivity contribution in [2.45, 2.75) is 6.42 Å². The van der Waals surface area contributed by atoms with E-state index < -0.39 is 0 Å². The van der Waals surface area contributed by atoms with Crippen molar-refractivity contribution in [2.75, 3.05) is 6.54 Å². The van der Waals surface area contributed by atoms with Gasteiger partial charge in [-0.1, -0.05) is 0 Å². The van der Waals surface area contributed by atoms with Crippen LogP contribution in [0.1, 0.15) is 5.69 Å². The first-order valence-electron chi connectivity index (χ1n) is 3.46. The second kappa shape index (κ2) is 3.65. The predicted octanol–water partition coefficient (Wildman–Crippen LogP) is -0.169. The molecule has 0 bridgehead atoms. The van der Waals surface area contributed by atoms with Crippen molar-refractivity contribution in [3.8, 4) is 0 Å². The number of aromatic nitrogens is 1. The summed E-state index contributed by atoms with van der Waals surface area (Å²) in [6.45, 7) is 0.642. The van der Waals surface area contributed by atoms with Crippen molar-refractivity contribution in [2.24, 2.45) is 16.5 Å².